The zero-order valence-electron chi connectivity index (χ0n) is 16.9. The van der Waals surface area contributed by atoms with Crippen LogP contribution in [0, 0.1) is 0 Å². The number of nitrogens with zero attached hydrogens (tertiary/aromatic N) is 2. The van der Waals surface area contributed by atoms with Gasteiger partial charge in [-0.15, -0.1) is 0 Å². The Balaban J connectivity index is 1.63. The van der Waals surface area contributed by atoms with Gasteiger partial charge in [-0.3, -0.25) is 10.4 Å². The highest BCUT2D eigenvalue weighted by Gasteiger charge is 2.05. The normalized spacial score (nSPS) is 11.4. The van der Waals surface area contributed by atoms with Gasteiger partial charge in [-0.2, -0.15) is 5.10 Å². The molecule has 146 valence electrons. The van der Waals surface area contributed by atoms with Crippen molar-refractivity contribution in [3.8, 4) is 5.75 Å². The number of hydrazone groups is 1. The van der Waals surface area contributed by atoms with E-state index in [9.17, 15) is 0 Å². The summed E-state index contributed by atoms with van der Waals surface area (Å²) >= 11 is 0. The fourth-order valence-electron chi connectivity index (χ4n) is 3.58. The summed E-state index contributed by atoms with van der Waals surface area (Å²) in [6.45, 7) is 2.22. The lowest BCUT2D eigenvalue weighted by Gasteiger charge is -2.09. The predicted octanol–water partition coefficient (Wildman–Crippen LogP) is 6.19. The van der Waals surface area contributed by atoms with Crippen LogP contribution >= 0.6 is 0 Å². The number of methoxy groups -OCH3 is 1. The summed E-state index contributed by atoms with van der Waals surface area (Å²) in [6, 6.07) is 20.6. The van der Waals surface area contributed by atoms with E-state index in [0.29, 0.717) is 0 Å². The van der Waals surface area contributed by atoms with Crippen LogP contribution < -0.4 is 10.2 Å². The number of anilines is 1. The summed E-state index contributed by atoms with van der Waals surface area (Å²) in [6.07, 6.45) is 7.14. The van der Waals surface area contributed by atoms with Gasteiger partial charge in [-0.05, 0) is 54.1 Å². The van der Waals surface area contributed by atoms with Crippen molar-refractivity contribution in [3.05, 3.63) is 78.0 Å². The number of benzene rings is 3. The van der Waals surface area contributed by atoms with Crippen molar-refractivity contribution in [2.24, 2.45) is 5.10 Å². The van der Waals surface area contributed by atoms with Crippen LogP contribution in [0.3, 0.4) is 0 Å². The Morgan fingerprint density at radius 2 is 1.86 bits per heavy atom. The molecule has 4 heteroatoms. The van der Waals surface area contributed by atoms with E-state index in [1.165, 1.54) is 18.4 Å². The molecule has 4 nitrogen and oxygen atoms in total. The number of aromatic nitrogens is 1. The molecule has 1 N–H and O–H groups in total. The van der Waals surface area contributed by atoms with E-state index in [1.54, 1.807) is 7.11 Å². The van der Waals surface area contributed by atoms with Crippen molar-refractivity contribution >= 4 is 33.6 Å². The molecule has 1 aromatic heterocycles. The summed E-state index contributed by atoms with van der Waals surface area (Å²) in [7, 11) is 1.69. The number of hydrogen-bond donors (Lipinski definition) is 1. The lowest BCUT2D eigenvalue weighted by molar-refractivity contribution is 0.420. The number of nitrogens with one attached hydrogen (secondary N) is 1. The first kappa shape index (κ1) is 18.9. The molecule has 0 radical (unpaired) electrons. The second-order valence-corrected chi connectivity index (χ2v) is 7.09. The van der Waals surface area contributed by atoms with E-state index in [4.69, 9.17) is 4.74 Å². The highest BCUT2D eigenvalue weighted by Crippen LogP contribution is 2.28. The summed E-state index contributed by atoms with van der Waals surface area (Å²) in [5, 5.41) is 7.80. The average molecular weight is 383 g/mol. The van der Waals surface area contributed by atoms with Crippen molar-refractivity contribution in [1.82, 2.24) is 4.98 Å². The van der Waals surface area contributed by atoms with Crippen molar-refractivity contribution in [2.45, 2.75) is 26.2 Å². The van der Waals surface area contributed by atoms with Crippen LogP contribution in [-0.4, -0.2) is 18.3 Å². The van der Waals surface area contributed by atoms with Gasteiger partial charge < -0.3 is 4.74 Å². The van der Waals surface area contributed by atoms with Gasteiger partial charge in [0.25, 0.3) is 0 Å². The first-order chi connectivity index (χ1) is 14.3. The van der Waals surface area contributed by atoms with Gasteiger partial charge in [0.15, 0.2) is 0 Å². The molecule has 0 aliphatic heterocycles. The molecule has 0 atom stereocenters. The minimum absolute atomic E-state index is 0.866. The summed E-state index contributed by atoms with van der Waals surface area (Å²) in [5.74, 6) is 0.866. The van der Waals surface area contributed by atoms with Crippen molar-refractivity contribution < 1.29 is 4.74 Å². The van der Waals surface area contributed by atoms with Gasteiger partial charge in [0.1, 0.15) is 5.75 Å². The van der Waals surface area contributed by atoms with E-state index < -0.39 is 0 Å². The first-order valence-corrected chi connectivity index (χ1v) is 10.0. The van der Waals surface area contributed by atoms with Crippen LogP contribution in [0.5, 0.6) is 5.75 Å². The van der Waals surface area contributed by atoms with Crippen LogP contribution in [0.2, 0.25) is 0 Å². The molecule has 0 unspecified atom stereocenters. The molecule has 0 amide bonds. The number of hydrogen-bond acceptors (Lipinski definition) is 4. The van der Waals surface area contributed by atoms with Gasteiger partial charge in [0.2, 0.25) is 0 Å². The molecule has 0 fully saturated rings. The topological polar surface area (TPSA) is 46.5 Å². The van der Waals surface area contributed by atoms with E-state index in [0.717, 1.165) is 45.1 Å². The third kappa shape index (κ3) is 4.06. The van der Waals surface area contributed by atoms with Gasteiger partial charge in [-0.25, -0.2) is 0 Å². The Kier molecular flexibility index (Phi) is 5.71. The molecular weight excluding hydrogens is 358 g/mol. The van der Waals surface area contributed by atoms with Crippen LogP contribution in [-0.2, 0) is 6.42 Å². The second kappa shape index (κ2) is 8.74. The number of pyridine rings is 1. The molecule has 3 aromatic carbocycles. The Bertz CT molecular complexity index is 1170. The number of unbranched alkanes of at least 4 members (excludes halogenated alkanes) is 1. The minimum atomic E-state index is 0.866. The molecule has 0 bridgehead atoms. The molecule has 4 rings (SSSR count). The van der Waals surface area contributed by atoms with Crippen molar-refractivity contribution in [2.75, 3.05) is 12.5 Å². The fraction of sp³-hybridized carbons (Fsp3) is 0.200. The minimum Gasteiger partial charge on any atom is -0.496 e. The average Bonchev–Trinajstić information content (AvgIpc) is 2.78. The molecule has 0 aliphatic carbocycles. The monoisotopic (exact) mass is 383 g/mol. The summed E-state index contributed by atoms with van der Waals surface area (Å²) < 4.78 is 5.48. The number of ether oxygens (including phenoxy) is 1. The molecular formula is C25H25N3O. The highest BCUT2D eigenvalue weighted by atomic mass is 16.5. The summed E-state index contributed by atoms with van der Waals surface area (Å²) in [4.78, 5) is 4.48. The molecule has 4 aromatic rings. The van der Waals surface area contributed by atoms with Gasteiger partial charge >= 0.3 is 0 Å². The van der Waals surface area contributed by atoms with E-state index in [2.05, 4.69) is 52.8 Å². The maximum Gasteiger partial charge on any atom is 0.126 e. The van der Waals surface area contributed by atoms with E-state index in [-0.39, 0.29) is 0 Å². The van der Waals surface area contributed by atoms with Crippen LogP contribution in [0.15, 0.2) is 72.0 Å². The van der Waals surface area contributed by atoms with Crippen molar-refractivity contribution in [3.63, 3.8) is 0 Å². The lowest BCUT2D eigenvalue weighted by atomic mass is 10.0. The first-order valence-electron chi connectivity index (χ1n) is 10.0. The quantitative estimate of drug-likeness (QED) is 0.306. The molecule has 0 saturated carbocycles. The molecule has 1 heterocycles. The zero-order chi connectivity index (χ0) is 20.1. The predicted molar refractivity (Wildman–Crippen MR) is 122 cm³/mol. The van der Waals surface area contributed by atoms with E-state index in [1.807, 2.05) is 42.7 Å². The lowest BCUT2D eigenvalue weighted by Crippen LogP contribution is -1.95. The van der Waals surface area contributed by atoms with Crippen LogP contribution in [0.1, 0.15) is 30.9 Å². The largest absolute Gasteiger partial charge is 0.496 e. The maximum absolute atomic E-state index is 5.48. The number of rotatable bonds is 7. The molecule has 0 aliphatic rings. The SMILES string of the molecule is CCCCc1ccc2nccc(N/N=C\c3ccc(OC)c4ccccc34)c2c1. The van der Waals surface area contributed by atoms with E-state index >= 15 is 0 Å². The van der Waals surface area contributed by atoms with Crippen molar-refractivity contribution in [1.29, 1.82) is 0 Å². The zero-order valence-corrected chi connectivity index (χ0v) is 16.9. The summed E-state index contributed by atoms with van der Waals surface area (Å²) in [5.41, 5.74) is 7.52. The molecule has 29 heavy (non-hydrogen) atoms. The standard InChI is InChI=1S/C25H25N3O/c1-3-4-7-18-10-12-23-22(16-18)24(14-15-26-23)28-27-17-19-11-13-25(29-2)21-9-6-5-8-20(19)21/h5-6,8-17H,3-4,7H2,1-2H3,(H,26,28)/b27-17-. The maximum atomic E-state index is 5.48. The van der Waals surface area contributed by atoms with Gasteiger partial charge in [0, 0.05) is 22.5 Å². The molecule has 0 spiro atoms. The van der Waals surface area contributed by atoms with Gasteiger partial charge in [0.05, 0.1) is 24.5 Å². The Morgan fingerprint density at radius 3 is 2.69 bits per heavy atom. The number of fused-ring (bicyclic) bond motifs is 2. The second-order valence-electron chi connectivity index (χ2n) is 7.09. The third-order valence-corrected chi connectivity index (χ3v) is 5.15. The Hall–Kier alpha value is -3.40. The highest BCUT2D eigenvalue weighted by molar-refractivity contribution is 6.02. The Labute approximate surface area is 171 Å². The van der Waals surface area contributed by atoms with Gasteiger partial charge in [-0.1, -0.05) is 43.7 Å². The third-order valence-electron chi connectivity index (χ3n) is 5.15. The van der Waals surface area contributed by atoms with Crippen LogP contribution in [0.25, 0.3) is 21.7 Å². The number of aryl methyl sites for hydroxylation is 1. The smallest absolute Gasteiger partial charge is 0.126 e. The Morgan fingerprint density at radius 1 is 1.00 bits per heavy atom. The fourth-order valence-corrected chi connectivity index (χ4v) is 3.58. The van der Waals surface area contributed by atoms with Crippen LogP contribution in [0.4, 0.5) is 5.69 Å². The molecule has 0 saturated heterocycles.